The summed E-state index contributed by atoms with van der Waals surface area (Å²) in [7, 11) is 1.35. The number of nitrogens with zero attached hydrogens (tertiary/aromatic N) is 1. The van der Waals surface area contributed by atoms with E-state index in [2.05, 4.69) is 62.0 Å². The maximum atomic E-state index is 13.1. The minimum atomic E-state index is -0.471. The summed E-state index contributed by atoms with van der Waals surface area (Å²) in [4.78, 5) is 26.6. The number of carbonyl (C=O) groups is 2. The molecule has 2 amide bonds. The number of hydrogen-bond acceptors (Lipinski definition) is 3. The molecular weight excluding hydrogens is 376 g/mol. The van der Waals surface area contributed by atoms with E-state index in [1.54, 1.807) is 0 Å². The van der Waals surface area contributed by atoms with Crippen LogP contribution in [0, 0.1) is 11.3 Å². The van der Waals surface area contributed by atoms with Crippen LogP contribution in [0.1, 0.15) is 76.8 Å². The minimum Gasteiger partial charge on any atom is -0.453 e. The van der Waals surface area contributed by atoms with Gasteiger partial charge in [0.1, 0.15) is 0 Å². The quantitative estimate of drug-likeness (QED) is 0.724. The fraction of sp³-hybridized carbons (Fsp3) is 0.680. The molecule has 0 aromatic heterocycles. The zero-order valence-corrected chi connectivity index (χ0v) is 19.3. The molecule has 0 radical (unpaired) electrons. The van der Waals surface area contributed by atoms with Crippen LogP contribution in [-0.4, -0.2) is 43.6 Å². The zero-order chi connectivity index (χ0) is 21.9. The van der Waals surface area contributed by atoms with Crippen LogP contribution in [0.25, 0.3) is 0 Å². The number of methoxy groups -OCH3 is 1. The van der Waals surface area contributed by atoms with Crippen molar-refractivity contribution in [1.82, 2.24) is 10.2 Å². The van der Waals surface area contributed by atoms with Gasteiger partial charge in [-0.25, -0.2) is 4.79 Å². The van der Waals surface area contributed by atoms with Crippen molar-refractivity contribution in [2.75, 3.05) is 26.7 Å². The Morgan fingerprint density at radius 1 is 1.30 bits per heavy atom. The number of ether oxygens (including phenoxy) is 1. The molecule has 1 aliphatic heterocycles. The first-order valence-corrected chi connectivity index (χ1v) is 11.4. The lowest BCUT2D eigenvalue weighted by Gasteiger charge is -2.46. The van der Waals surface area contributed by atoms with Crippen molar-refractivity contribution in [3.63, 3.8) is 0 Å². The lowest BCUT2D eigenvalue weighted by molar-refractivity contribution is -0.135. The number of carbonyl (C=O) groups excluding carboxylic acids is 2. The number of alkyl carbamates (subject to hydrolysis) is 1. The van der Waals surface area contributed by atoms with E-state index in [1.165, 1.54) is 31.1 Å². The highest BCUT2D eigenvalue weighted by molar-refractivity contribution is 5.80. The third-order valence-corrected chi connectivity index (χ3v) is 7.00. The molecule has 166 valence electrons. The van der Waals surface area contributed by atoms with Crippen molar-refractivity contribution >= 4 is 12.0 Å². The number of amides is 2. The van der Waals surface area contributed by atoms with Gasteiger partial charge in [-0.05, 0) is 53.6 Å². The molecule has 1 saturated carbocycles. The summed E-state index contributed by atoms with van der Waals surface area (Å²) in [6.07, 6.45) is 4.67. The molecular formula is C25H38N2O3. The highest BCUT2D eigenvalue weighted by atomic mass is 16.5. The van der Waals surface area contributed by atoms with E-state index in [0.29, 0.717) is 12.5 Å². The Hall–Kier alpha value is -2.04. The summed E-state index contributed by atoms with van der Waals surface area (Å²) < 4.78 is 4.65. The lowest BCUT2D eigenvalue weighted by atomic mass is 9.59. The van der Waals surface area contributed by atoms with Crippen LogP contribution in [0.3, 0.4) is 0 Å². The Kier molecular flexibility index (Phi) is 6.78. The van der Waals surface area contributed by atoms with Crippen LogP contribution >= 0.6 is 0 Å². The van der Waals surface area contributed by atoms with Crippen LogP contribution in [0.2, 0.25) is 0 Å². The van der Waals surface area contributed by atoms with Gasteiger partial charge >= 0.3 is 6.09 Å². The number of hydrogen-bond donors (Lipinski definition) is 1. The molecule has 1 heterocycles. The molecule has 1 atom stereocenters. The van der Waals surface area contributed by atoms with E-state index >= 15 is 0 Å². The molecule has 1 aliphatic carbocycles. The van der Waals surface area contributed by atoms with Crippen molar-refractivity contribution in [2.24, 2.45) is 11.3 Å². The SMILES string of the molecule is CCC[C@H](CNC(=O)OC)C(=O)N1CCC2(CC(c3cccc(C(C)(C)C)c3)C2)C1. The minimum absolute atomic E-state index is 0.163. The molecule has 1 saturated heterocycles. The van der Waals surface area contributed by atoms with Crippen LogP contribution < -0.4 is 5.32 Å². The number of benzene rings is 1. The van der Waals surface area contributed by atoms with E-state index in [0.717, 1.165) is 32.4 Å². The van der Waals surface area contributed by atoms with E-state index in [4.69, 9.17) is 0 Å². The molecule has 1 N–H and O–H groups in total. The van der Waals surface area contributed by atoms with E-state index in [9.17, 15) is 9.59 Å². The summed E-state index contributed by atoms with van der Waals surface area (Å²) >= 11 is 0. The molecule has 1 aromatic carbocycles. The van der Waals surface area contributed by atoms with Gasteiger partial charge in [0.15, 0.2) is 0 Å². The van der Waals surface area contributed by atoms with E-state index in [1.807, 2.05) is 4.90 Å². The average Bonchev–Trinajstić information content (AvgIpc) is 3.14. The smallest absolute Gasteiger partial charge is 0.406 e. The lowest BCUT2D eigenvalue weighted by Crippen LogP contribution is -2.43. The van der Waals surface area contributed by atoms with Crippen LogP contribution in [0.5, 0.6) is 0 Å². The third-order valence-electron chi connectivity index (χ3n) is 7.00. The molecule has 5 heteroatoms. The second-order valence-corrected chi connectivity index (χ2v) is 10.3. The van der Waals surface area contributed by atoms with Gasteiger partial charge in [-0.1, -0.05) is 58.4 Å². The van der Waals surface area contributed by atoms with Gasteiger partial charge in [0.2, 0.25) is 5.91 Å². The van der Waals surface area contributed by atoms with Crippen molar-refractivity contribution in [3.05, 3.63) is 35.4 Å². The molecule has 2 aliphatic rings. The van der Waals surface area contributed by atoms with Gasteiger partial charge in [0.05, 0.1) is 13.0 Å². The molecule has 2 fully saturated rings. The van der Waals surface area contributed by atoms with Crippen LogP contribution in [-0.2, 0) is 14.9 Å². The number of nitrogens with one attached hydrogen (secondary N) is 1. The Bertz CT molecular complexity index is 762. The van der Waals surface area contributed by atoms with Gasteiger partial charge in [-0.3, -0.25) is 4.79 Å². The van der Waals surface area contributed by atoms with Crippen LogP contribution in [0.15, 0.2) is 24.3 Å². The van der Waals surface area contributed by atoms with Gasteiger partial charge < -0.3 is 15.0 Å². The number of likely N-dealkylation sites (tertiary alicyclic amines) is 1. The normalized spacial score (nSPS) is 24.4. The van der Waals surface area contributed by atoms with Crippen molar-refractivity contribution < 1.29 is 14.3 Å². The summed E-state index contributed by atoms with van der Waals surface area (Å²) in [5, 5.41) is 2.71. The Labute approximate surface area is 181 Å². The van der Waals surface area contributed by atoms with Gasteiger partial charge in [-0.15, -0.1) is 0 Å². The second-order valence-electron chi connectivity index (χ2n) is 10.3. The highest BCUT2D eigenvalue weighted by Gasteiger charge is 2.50. The third kappa shape index (κ3) is 4.98. The first-order chi connectivity index (χ1) is 14.2. The molecule has 5 nitrogen and oxygen atoms in total. The summed E-state index contributed by atoms with van der Waals surface area (Å²) in [6.45, 7) is 10.9. The highest BCUT2D eigenvalue weighted by Crippen LogP contribution is 2.56. The Morgan fingerprint density at radius 3 is 2.67 bits per heavy atom. The van der Waals surface area contributed by atoms with E-state index < -0.39 is 6.09 Å². The summed E-state index contributed by atoms with van der Waals surface area (Å²) in [6, 6.07) is 9.06. The fourth-order valence-electron chi connectivity index (χ4n) is 5.14. The molecule has 3 rings (SSSR count). The maximum absolute atomic E-state index is 13.1. The van der Waals surface area contributed by atoms with Gasteiger partial charge in [0, 0.05) is 19.6 Å². The average molecular weight is 415 g/mol. The summed E-state index contributed by atoms with van der Waals surface area (Å²) in [5.41, 5.74) is 3.29. The fourth-order valence-corrected chi connectivity index (χ4v) is 5.14. The first kappa shape index (κ1) is 22.6. The molecule has 0 bridgehead atoms. The summed E-state index contributed by atoms with van der Waals surface area (Å²) in [5.74, 6) is 0.627. The predicted molar refractivity (Wildman–Crippen MR) is 120 cm³/mol. The maximum Gasteiger partial charge on any atom is 0.406 e. The van der Waals surface area contributed by atoms with Crippen molar-refractivity contribution in [3.8, 4) is 0 Å². The van der Waals surface area contributed by atoms with E-state index in [-0.39, 0.29) is 22.7 Å². The Balaban J connectivity index is 1.58. The van der Waals surface area contributed by atoms with Gasteiger partial charge in [-0.2, -0.15) is 0 Å². The first-order valence-electron chi connectivity index (χ1n) is 11.4. The largest absolute Gasteiger partial charge is 0.453 e. The Morgan fingerprint density at radius 2 is 2.03 bits per heavy atom. The van der Waals surface area contributed by atoms with Crippen molar-refractivity contribution in [2.45, 2.75) is 71.1 Å². The monoisotopic (exact) mass is 414 g/mol. The molecule has 0 unspecified atom stereocenters. The molecule has 1 spiro atoms. The van der Waals surface area contributed by atoms with Crippen molar-refractivity contribution in [1.29, 1.82) is 0 Å². The van der Waals surface area contributed by atoms with Gasteiger partial charge in [0.25, 0.3) is 0 Å². The standard InChI is InChI=1S/C25H38N2O3/c1-6-8-19(16-26-23(29)30-5)22(28)27-12-11-25(17-27)14-20(15-25)18-9-7-10-21(13-18)24(2,3)4/h7,9-10,13,19-20H,6,8,11-12,14-17H2,1-5H3,(H,26,29)/t19-,20?,25?/m1/s1. The number of rotatable bonds is 6. The molecule has 30 heavy (non-hydrogen) atoms. The zero-order valence-electron chi connectivity index (χ0n) is 19.3. The van der Waals surface area contributed by atoms with Crippen LogP contribution in [0.4, 0.5) is 4.79 Å². The topological polar surface area (TPSA) is 58.6 Å². The second kappa shape index (κ2) is 8.99. The predicted octanol–water partition coefficient (Wildman–Crippen LogP) is 4.85. The molecule has 1 aromatic rings.